The number of rotatable bonds is 5. The van der Waals surface area contributed by atoms with Crippen molar-refractivity contribution in [3.05, 3.63) is 0 Å². The third-order valence-corrected chi connectivity index (χ3v) is 4.15. The second kappa shape index (κ2) is 5.32. The topological polar surface area (TPSA) is 70.0 Å². The lowest BCUT2D eigenvalue weighted by Gasteiger charge is -2.09. The Morgan fingerprint density at radius 3 is 2.79 bits per heavy atom. The molecule has 0 saturated carbocycles. The molecule has 0 spiro atoms. The lowest BCUT2D eigenvalue weighted by atomic mass is 10.2. The van der Waals surface area contributed by atoms with E-state index in [1.54, 1.807) is 0 Å². The van der Waals surface area contributed by atoms with E-state index in [1.165, 1.54) is 0 Å². The molecule has 1 aliphatic heterocycles. The third-order valence-electron chi connectivity index (χ3n) is 2.38. The molecule has 0 radical (unpaired) electrons. The average molecular weight is 216 g/mol. The minimum Gasteiger partial charge on any atom is -0.313 e. The van der Waals surface area contributed by atoms with Crippen LogP contribution >= 0.6 is 0 Å². The number of unbranched alkanes of at least 4 members (excludes halogenated alkanes) is 2. The summed E-state index contributed by atoms with van der Waals surface area (Å²) in [5.74, 6) is 0.605. The van der Waals surface area contributed by atoms with Crippen molar-refractivity contribution >= 4 is 9.84 Å². The van der Waals surface area contributed by atoms with Crippen LogP contribution < -0.4 is 5.32 Å². The zero-order chi connectivity index (χ0) is 10.4. The van der Waals surface area contributed by atoms with E-state index >= 15 is 0 Å². The molecule has 0 aromatic carbocycles. The molecule has 1 rings (SSSR count). The van der Waals surface area contributed by atoms with E-state index in [2.05, 4.69) is 11.4 Å². The molecular weight excluding hydrogens is 200 g/mol. The minimum absolute atomic E-state index is 0.141. The molecule has 0 aromatic rings. The fraction of sp³-hybridized carbons (Fsp3) is 0.889. The van der Waals surface area contributed by atoms with Crippen LogP contribution in [0.25, 0.3) is 0 Å². The number of nitrogens with one attached hydrogen (secondary N) is 1. The first-order valence-corrected chi connectivity index (χ1v) is 6.77. The van der Waals surface area contributed by atoms with Crippen molar-refractivity contribution in [2.75, 3.05) is 18.1 Å². The highest BCUT2D eigenvalue weighted by Gasteiger charge is 2.26. The van der Waals surface area contributed by atoms with Gasteiger partial charge in [-0.15, -0.1) is 0 Å². The third kappa shape index (κ3) is 4.07. The van der Waals surface area contributed by atoms with Crippen LogP contribution in [0.15, 0.2) is 0 Å². The summed E-state index contributed by atoms with van der Waals surface area (Å²) in [7, 11) is -2.76. The highest BCUT2D eigenvalue weighted by molar-refractivity contribution is 7.91. The normalized spacial score (nSPS) is 24.6. The summed E-state index contributed by atoms with van der Waals surface area (Å²) in [5.41, 5.74) is 0. The molecule has 1 heterocycles. The predicted molar refractivity (Wildman–Crippen MR) is 54.5 cm³/mol. The van der Waals surface area contributed by atoms with Crippen molar-refractivity contribution in [1.82, 2.24) is 5.32 Å². The highest BCUT2D eigenvalue weighted by atomic mass is 32.2. The van der Waals surface area contributed by atoms with E-state index in [0.29, 0.717) is 12.2 Å². The Balaban J connectivity index is 2.07. The summed E-state index contributed by atoms with van der Waals surface area (Å²) < 4.78 is 22.2. The first kappa shape index (κ1) is 11.5. The maximum Gasteiger partial charge on any atom is 0.151 e. The quantitative estimate of drug-likeness (QED) is 0.678. The summed E-state index contributed by atoms with van der Waals surface area (Å²) in [4.78, 5) is 0. The van der Waals surface area contributed by atoms with E-state index in [9.17, 15) is 8.42 Å². The first-order valence-electron chi connectivity index (χ1n) is 4.95. The molecule has 0 bridgehead atoms. The average Bonchev–Trinajstić information content (AvgIpc) is 2.45. The number of sulfone groups is 1. The van der Waals surface area contributed by atoms with Gasteiger partial charge in [0.15, 0.2) is 9.84 Å². The first-order chi connectivity index (χ1) is 6.64. The molecule has 1 aliphatic rings. The van der Waals surface area contributed by atoms with Gasteiger partial charge in [-0.3, -0.25) is 0 Å². The Hall–Kier alpha value is -0.600. The van der Waals surface area contributed by atoms with Crippen LogP contribution in [-0.4, -0.2) is 32.5 Å². The van der Waals surface area contributed by atoms with Gasteiger partial charge in [0.25, 0.3) is 0 Å². The molecule has 0 aliphatic carbocycles. The van der Waals surface area contributed by atoms with Crippen LogP contribution in [0, 0.1) is 11.3 Å². The van der Waals surface area contributed by atoms with Gasteiger partial charge in [-0.25, -0.2) is 8.42 Å². The molecule has 0 aromatic heterocycles. The monoisotopic (exact) mass is 216 g/mol. The Bertz CT molecular complexity index is 305. The number of nitrogens with zero attached hydrogens (tertiary/aromatic N) is 1. The summed E-state index contributed by atoms with van der Waals surface area (Å²) in [6, 6.07) is 2.23. The van der Waals surface area contributed by atoms with Crippen LogP contribution in [0.2, 0.25) is 0 Å². The van der Waals surface area contributed by atoms with Crippen molar-refractivity contribution in [3.8, 4) is 6.07 Å². The highest BCUT2D eigenvalue weighted by Crippen LogP contribution is 2.11. The van der Waals surface area contributed by atoms with Crippen molar-refractivity contribution in [2.24, 2.45) is 0 Å². The Morgan fingerprint density at radius 2 is 2.21 bits per heavy atom. The molecule has 1 N–H and O–H groups in total. The van der Waals surface area contributed by atoms with Crippen LogP contribution in [0.3, 0.4) is 0 Å². The summed E-state index contributed by atoms with van der Waals surface area (Å²) in [6.07, 6.45) is 3.16. The van der Waals surface area contributed by atoms with E-state index in [-0.39, 0.29) is 11.8 Å². The zero-order valence-corrected chi connectivity index (χ0v) is 9.02. The van der Waals surface area contributed by atoms with Crippen LogP contribution in [0.1, 0.15) is 25.7 Å². The molecule has 80 valence electrons. The van der Waals surface area contributed by atoms with Gasteiger partial charge in [-0.05, 0) is 25.8 Å². The molecule has 5 heteroatoms. The molecule has 1 unspecified atom stereocenters. The molecule has 1 saturated heterocycles. The second-order valence-corrected chi connectivity index (χ2v) is 5.90. The smallest absolute Gasteiger partial charge is 0.151 e. The van der Waals surface area contributed by atoms with Gasteiger partial charge in [-0.2, -0.15) is 5.26 Å². The van der Waals surface area contributed by atoms with Gasteiger partial charge in [-0.1, -0.05) is 0 Å². The maximum absolute atomic E-state index is 11.1. The van der Waals surface area contributed by atoms with Crippen molar-refractivity contribution in [1.29, 1.82) is 5.26 Å². The standard InChI is InChI=1S/C9H16N2O2S/c10-5-2-1-3-6-11-9-4-7-14(12,13)8-9/h9,11H,1-4,6-8H2. The van der Waals surface area contributed by atoms with E-state index < -0.39 is 9.84 Å². The summed E-state index contributed by atoms with van der Waals surface area (Å²) in [6.45, 7) is 0.821. The fourth-order valence-electron chi connectivity index (χ4n) is 1.59. The van der Waals surface area contributed by atoms with Gasteiger partial charge in [0.1, 0.15) is 0 Å². The van der Waals surface area contributed by atoms with Crippen molar-refractivity contribution < 1.29 is 8.42 Å². The van der Waals surface area contributed by atoms with E-state index in [0.717, 1.165) is 25.8 Å². The van der Waals surface area contributed by atoms with E-state index in [1.807, 2.05) is 0 Å². The van der Waals surface area contributed by atoms with Gasteiger partial charge in [0.2, 0.25) is 0 Å². The lowest BCUT2D eigenvalue weighted by molar-refractivity contribution is 0.535. The molecule has 1 atom stereocenters. The van der Waals surface area contributed by atoms with Gasteiger partial charge < -0.3 is 5.32 Å². The number of nitriles is 1. The second-order valence-electron chi connectivity index (χ2n) is 3.67. The molecule has 1 fully saturated rings. The summed E-state index contributed by atoms with van der Waals surface area (Å²) >= 11 is 0. The van der Waals surface area contributed by atoms with Crippen LogP contribution in [-0.2, 0) is 9.84 Å². The zero-order valence-electron chi connectivity index (χ0n) is 8.20. The maximum atomic E-state index is 11.1. The number of hydrogen-bond acceptors (Lipinski definition) is 4. The lowest BCUT2D eigenvalue weighted by Crippen LogP contribution is -2.30. The van der Waals surface area contributed by atoms with Gasteiger partial charge in [0, 0.05) is 12.5 Å². The minimum atomic E-state index is -2.76. The molecule has 0 amide bonds. The molecular formula is C9H16N2O2S. The molecule has 14 heavy (non-hydrogen) atoms. The van der Waals surface area contributed by atoms with Crippen molar-refractivity contribution in [2.45, 2.75) is 31.7 Å². The fourth-order valence-corrected chi connectivity index (χ4v) is 3.30. The molecule has 4 nitrogen and oxygen atoms in total. The van der Waals surface area contributed by atoms with Gasteiger partial charge in [0.05, 0.1) is 17.6 Å². The Labute approximate surface area is 85.2 Å². The van der Waals surface area contributed by atoms with Crippen molar-refractivity contribution in [3.63, 3.8) is 0 Å². The van der Waals surface area contributed by atoms with Gasteiger partial charge >= 0.3 is 0 Å². The Morgan fingerprint density at radius 1 is 1.43 bits per heavy atom. The summed E-state index contributed by atoms with van der Waals surface area (Å²) in [5, 5.41) is 11.5. The van der Waals surface area contributed by atoms with Crippen LogP contribution in [0.4, 0.5) is 0 Å². The predicted octanol–water partition coefficient (Wildman–Crippen LogP) is 0.457. The number of hydrogen-bond donors (Lipinski definition) is 1. The SMILES string of the molecule is N#CCCCCNC1CCS(=O)(=O)C1. The van der Waals surface area contributed by atoms with Crippen LogP contribution in [0.5, 0.6) is 0 Å². The Kier molecular flexibility index (Phi) is 4.36. The largest absolute Gasteiger partial charge is 0.313 e. The van der Waals surface area contributed by atoms with E-state index in [4.69, 9.17) is 5.26 Å².